The fourth-order valence-corrected chi connectivity index (χ4v) is 2.48. The van der Waals surface area contributed by atoms with Gasteiger partial charge in [0.15, 0.2) is 0 Å². The molecule has 0 heterocycles. The second-order valence-corrected chi connectivity index (χ2v) is 5.79. The van der Waals surface area contributed by atoms with Crippen molar-refractivity contribution in [1.82, 2.24) is 0 Å². The number of benzene rings is 2. The molecule has 138 valence electrons. The first kappa shape index (κ1) is 19.3. The minimum absolute atomic E-state index is 0.142. The lowest BCUT2D eigenvalue weighted by Gasteiger charge is -2.11. The van der Waals surface area contributed by atoms with Crippen molar-refractivity contribution in [3.63, 3.8) is 0 Å². The summed E-state index contributed by atoms with van der Waals surface area (Å²) in [6.45, 7) is 1.86. The largest absolute Gasteiger partial charge is 0.497 e. The molecule has 6 nitrogen and oxygen atoms in total. The lowest BCUT2D eigenvalue weighted by Crippen LogP contribution is -2.14. The number of rotatable bonds is 7. The van der Waals surface area contributed by atoms with Gasteiger partial charge in [0.25, 0.3) is 0 Å². The highest BCUT2D eigenvalue weighted by Crippen LogP contribution is 2.24. The molecule has 0 spiro atoms. The van der Waals surface area contributed by atoms with Gasteiger partial charge >= 0.3 is 5.97 Å². The highest BCUT2D eigenvalue weighted by Gasteiger charge is 2.11. The summed E-state index contributed by atoms with van der Waals surface area (Å²) in [5, 5.41) is 2.85. The van der Waals surface area contributed by atoms with Gasteiger partial charge in [-0.3, -0.25) is 4.79 Å². The molecule has 2 aromatic carbocycles. The number of carbonyl (C=O) groups is 2. The molecule has 0 aliphatic rings. The van der Waals surface area contributed by atoms with E-state index in [-0.39, 0.29) is 12.3 Å². The summed E-state index contributed by atoms with van der Waals surface area (Å²) in [4.78, 5) is 23.9. The van der Waals surface area contributed by atoms with Gasteiger partial charge in [-0.2, -0.15) is 0 Å². The Labute approximate surface area is 153 Å². The van der Waals surface area contributed by atoms with Gasteiger partial charge in [-0.05, 0) is 48.7 Å². The van der Waals surface area contributed by atoms with Crippen LogP contribution in [-0.4, -0.2) is 33.2 Å². The van der Waals surface area contributed by atoms with E-state index >= 15 is 0 Å². The molecule has 2 rings (SSSR count). The molecular formula is C20H23NO5. The normalized spacial score (nSPS) is 10.2. The first-order valence-corrected chi connectivity index (χ1v) is 8.17. The van der Waals surface area contributed by atoms with Crippen molar-refractivity contribution in [2.24, 2.45) is 0 Å². The van der Waals surface area contributed by atoms with Gasteiger partial charge in [0, 0.05) is 18.2 Å². The summed E-state index contributed by atoms with van der Waals surface area (Å²) in [7, 11) is 4.49. The molecule has 0 saturated carbocycles. The monoisotopic (exact) mass is 357 g/mol. The van der Waals surface area contributed by atoms with Crippen LogP contribution in [0.1, 0.15) is 27.9 Å². The molecule has 1 amide bonds. The van der Waals surface area contributed by atoms with Crippen molar-refractivity contribution in [1.29, 1.82) is 0 Å². The van der Waals surface area contributed by atoms with Gasteiger partial charge < -0.3 is 19.5 Å². The molecule has 6 heteroatoms. The highest BCUT2D eigenvalue weighted by atomic mass is 16.5. The van der Waals surface area contributed by atoms with Crippen LogP contribution in [0.3, 0.4) is 0 Å². The van der Waals surface area contributed by atoms with E-state index in [9.17, 15) is 9.59 Å². The van der Waals surface area contributed by atoms with E-state index in [1.807, 2.05) is 19.1 Å². The molecule has 0 atom stereocenters. The molecule has 0 fully saturated rings. The summed E-state index contributed by atoms with van der Waals surface area (Å²) in [5.41, 5.74) is 2.80. The first-order chi connectivity index (χ1) is 12.5. The quantitative estimate of drug-likeness (QED) is 0.769. The summed E-state index contributed by atoms with van der Waals surface area (Å²) < 4.78 is 15.2. The van der Waals surface area contributed by atoms with Crippen molar-refractivity contribution in [2.45, 2.75) is 19.8 Å². The van der Waals surface area contributed by atoms with Crippen molar-refractivity contribution >= 4 is 17.6 Å². The maximum absolute atomic E-state index is 12.3. The Morgan fingerprint density at radius 2 is 1.62 bits per heavy atom. The number of hydrogen-bond acceptors (Lipinski definition) is 5. The van der Waals surface area contributed by atoms with Crippen LogP contribution < -0.4 is 14.8 Å². The Bertz CT molecular complexity index is 779. The zero-order chi connectivity index (χ0) is 19.1. The summed E-state index contributed by atoms with van der Waals surface area (Å²) in [6.07, 6.45) is 0.827. The topological polar surface area (TPSA) is 73.9 Å². The van der Waals surface area contributed by atoms with E-state index in [2.05, 4.69) is 5.32 Å². The highest BCUT2D eigenvalue weighted by molar-refractivity contribution is 5.95. The molecule has 2 aromatic rings. The summed E-state index contributed by atoms with van der Waals surface area (Å²) in [6, 6.07) is 10.6. The maximum Gasteiger partial charge on any atom is 0.337 e. The Balaban J connectivity index is 2.04. The summed E-state index contributed by atoms with van der Waals surface area (Å²) in [5.74, 6) is 0.781. The lowest BCUT2D eigenvalue weighted by atomic mass is 10.1. The van der Waals surface area contributed by atoms with Crippen molar-refractivity contribution in [3.8, 4) is 11.5 Å². The Hall–Kier alpha value is -3.02. The minimum Gasteiger partial charge on any atom is -0.497 e. The minimum atomic E-state index is -0.441. The third-order valence-electron chi connectivity index (χ3n) is 3.98. The SMILES string of the molecule is COC(=O)c1ccc(C)c(NC(=O)CCc2cc(OC)cc(OC)c2)c1. The molecule has 0 aromatic heterocycles. The van der Waals surface area contributed by atoms with Crippen LogP contribution in [0.2, 0.25) is 0 Å². The Morgan fingerprint density at radius 3 is 2.19 bits per heavy atom. The predicted octanol–water partition coefficient (Wildman–Crippen LogP) is 3.37. The van der Waals surface area contributed by atoms with Gasteiger partial charge in [0.2, 0.25) is 5.91 Å². The standard InChI is InChI=1S/C20H23NO5/c1-13-5-7-15(20(23)26-4)11-18(13)21-19(22)8-6-14-9-16(24-2)12-17(10-14)25-3/h5,7,9-12H,6,8H2,1-4H3,(H,21,22). The number of hydrogen-bond donors (Lipinski definition) is 1. The molecule has 0 aliphatic heterocycles. The number of amides is 1. The maximum atomic E-state index is 12.3. The van der Waals surface area contributed by atoms with Gasteiger partial charge in [-0.1, -0.05) is 6.07 Å². The van der Waals surface area contributed by atoms with Crippen LogP contribution in [0, 0.1) is 6.92 Å². The number of nitrogens with one attached hydrogen (secondary N) is 1. The lowest BCUT2D eigenvalue weighted by molar-refractivity contribution is -0.116. The third-order valence-corrected chi connectivity index (χ3v) is 3.98. The van der Waals surface area contributed by atoms with Crippen molar-refractivity contribution in [3.05, 3.63) is 53.1 Å². The number of esters is 1. The molecule has 26 heavy (non-hydrogen) atoms. The molecule has 0 aliphatic carbocycles. The fourth-order valence-electron chi connectivity index (χ4n) is 2.48. The van der Waals surface area contributed by atoms with Gasteiger partial charge in [-0.25, -0.2) is 4.79 Å². The van der Waals surface area contributed by atoms with E-state index in [1.165, 1.54) is 7.11 Å². The van der Waals surface area contributed by atoms with Crippen LogP contribution in [0.5, 0.6) is 11.5 Å². The number of anilines is 1. The van der Waals surface area contributed by atoms with E-state index in [0.29, 0.717) is 29.2 Å². The van der Waals surface area contributed by atoms with Crippen molar-refractivity contribution in [2.75, 3.05) is 26.6 Å². The molecule has 1 N–H and O–H groups in total. The second kappa shape index (κ2) is 8.89. The number of carbonyl (C=O) groups excluding carboxylic acids is 2. The molecule has 0 saturated heterocycles. The number of aryl methyl sites for hydroxylation is 2. The fraction of sp³-hybridized carbons (Fsp3) is 0.300. The average Bonchev–Trinajstić information content (AvgIpc) is 2.67. The Kier molecular flexibility index (Phi) is 6.60. The predicted molar refractivity (Wildman–Crippen MR) is 99.0 cm³/mol. The number of methoxy groups -OCH3 is 3. The molecule has 0 unspecified atom stereocenters. The van der Waals surface area contributed by atoms with Crippen LogP contribution in [0.15, 0.2) is 36.4 Å². The molecule has 0 bridgehead atoms. The van der Waals surface area contributed by atoms with Crippen LogP contribution in [0.25, 0.3) is 0 Å². The molecular weight excluding hydrogens is 334 g/mol. The smallest absolute Gasteiger partial charge is 0.337 e. The second-order valence-electron chi connectivity index (χ2n) is 5.79. The van der Waals surface area contributed by atoms with Crippen molar-refractivity contribution < 1.29 is 23.8 Å². The first-order valence-electron chi connectivity index (χ1n) is 8.17. The van der Waals surface area contributed by atoms with E-state index in [4.69, 9.17) is 14.2 Å². The number of ether oxygens (including phenoxy) is 3. The molecule has 0 radical (unpaired) electrons. The van der Waals surface area contributed by atoms with Crippen LogP contribution >= 0.6 is 0 Å². The van der Waals surface area contributed by atoms with E-state index < -0.39 is 5.97 Å². The van der Waals surface area contributed by atoms with Gasteiger partial charge in [0.05, 0.1) is 26.9 Å². The van der Waals surface area contributed by atoms with Crippen LogP contribution in [0.4, 0.5) is 5.69 Å². The Morgan fingerprint density at radius 1 is 0.962 bits per heavy atom. The van der Waals surface area contributed by atoms with Gasteiger partial charge in [0.1, 0.15) is 11.5 Å². The van der Waals surface area contributed by atoms with E-state index in [0.717, 1.165) is 11.1 Å². The zero-order valence-electron chi connectivity index (χ0n) is 15.4. The van der Waals surface area contributed by atoms with Crippen LogP contribution in [-0.2, 0) is 16.0 Å². The third kappa shape index (κ3) is 4.99. The van der Waals surface area contributed by atoms with E-state index in [1.54, 1.807) is 38.5 Å². The van der Waals surface area contributed by atoms with Gasteiger partial charge in [-0.15, -0.1) is 0 Å². The zero-order valence-corrected chi connectivity index (χ0v) is 15.4. The average molecular weight is 357 g/mol. The summed E-state index contributed by atoms with van der Waals surface area (Å²) >= 11 is 0.